The lowest BCUT2D eigenvalue weighted by molar-refractivity contribution is 0.111. The molecule has 1 rings (SSSR count). The summed E-state index contributed by atoms with van der Waals surface area (Å²) in [6.45, 7) is 11.1. The van der Waals surface area contributed by atoms with E-state index in [0.717, 1.165) is 32.4 Å². The number of imidazole rings is 1. The third kappa shape index (κ3) is 3.83. The van der Waals surface area contributed by atoms with Gasteiger partial charge in [0.05, 0.1) is 0 Å². The zero-order chi connectivity index (χ0) is 15.2. The number of aromatic nitrogens is 2. The third-order valence-electron chi connectivity index (χ3n) is 4.66. The molecule has 0 saturated carbocycles. The lowest BCUT2D eigenvalue weighted by atomic mass is 9.85. The van der Waals surface area contributed by atoms with Crippen molar-refractivity contribution in [1.29, 1.82) is 0 Å². The van der Waals surface area contributed by atoms with Crippen LogP contribution in [0.2, 0.25) is 0 Å². The molecule has 0 saturated heterocycles. The molecule has 1 N–H and O–H groups in total. The second kappa shape index (κ2) is 7.79. The zero-order valence-electron chi connectivity index (χ0n) is 14.1. The Morgan fingerprint density at radius 1 is 1.35 bits per heavy atom. The van der Waals surface area contributed by atoms with Crippen LogP contribution >= 0.6 is 0 Å². The molecule has 116 valence electrons. The van der Waals surface area contributed by atoms with Crippen molar-refractivity contribution in [3.8, 4) is 0 Å². The van der Waals surface area contributed by atoms with Crippen LogP contribution in [-0.2, 0) is 13.0 Å². The van der Waals surface area contributed by atoms with Gasteiger partial charge in [-0.1, -0.05) is 13.8 Å². The normalized spacial score (nSPS) is 16.4. The topological polar surface area (TPSA) is 33.1 Å². The highest BCUT2D eigenvalue weighted by molar-refractivity contribution is 5.03. The van der Waals surface area contributed by atoms with Gasteiger partial charge in [0.2, 0.25) is 0 Å². The first-order chi connectivity index (χ1) is 9.49. The summed E-state index contributed by atoms with van der Waals surface area (Å²) < 4.78 is 2.24. The van der Waals surface area contributed by atoms with Crippen LogP contribution in [-0.4, -0.2) is 46.7 Å². The Kier molecular flexibility index (Phi) is 6.69. The number of likely N-dealkylation sites (N-methyl/N-ethyl adjacent to an activating group) is 1. The monoisotopic (exact) mass is 280 g/mol. The van der Waals surface area contributed by atoms with E-state index >= 15 is 0 Å². The Morgan fingerprint density at radius 2 is 2.05 bits per heavy atom. The molecule has 4 nitrogen and oxygen atoms in total. The number of nitrogens with one attached hydrogen (secondary N) is 1. The van der Waals surface area contributed by atoms with Crippen molar-refractivity contribution < 1.29 is 0 Å². The molecule has 1 aromatic heterocycles. The van der Waals surface area contributed by atoms with Crippen LogP contribution < -0.4 is 5.32 Å². The summed E-state index contributed by atoms with van der Waals surface area (Å²) in [7, 11) is 4.35. The maximum Gasteiger partial charge on any atom is 0.110 e. The molecule has 0 aliphatic heterocycles. The van der Waals surface area contributed by atoms with Gasteiger partial charge >= 0.3 is 0 Å². The van der Waals surface area contributed by atoms with Crippen molar-refractivity contribution >= 4 is 0 Å². The highest BCUT2D eigenvalue weighted by atomic mass is 15.2. The average molecular weight is 280 g/mol. The average Bonchev–Trinajstić information content (AvgIpc) is 2.89. The van der Waals surface area contributed by atoms with E-state index in [9.17, 15) is 0 Å². The van der Waals surface area contributed by atoms with E-state index in [1.54, 1.807) is 0 Å². The highest BCUT2D eigenvalue weighted by Gasteiger charge is 2.35. The molecule has 0 spiro atoms. The van der Waals surface area contributed by atoms with E-state index in [0.29, 0.717) is 6.04 Å². The molecule has 2 unspecified atom stereocenters. The maximum absolute atomic E-state index is 4.55. The van der Waals surface area contributed by atoms with Crippen molar-refractivity contribution in [3.05, 3.63) is 18.2 Å². The van der Waals surface area contributed by atoms with Gasteiger partial charge in [-0.3, -0.25) is 0 Å². The summed E-state index contributed by atoms with van der Waals surface area (Å²) in [5, 5.41) is 3.74. The van der Waals surface area contributed by atoms with E-state index in [1.165, 1.54) is 5.82 Å². The van der Waals surface area contributed by atoms with Gasteiger partial charge in [0.1, 0.15) is 5.82 Å². The molecule has 0 aliphatic carbocycles. The van der Waals surface area contributed by atoms with Crippen LogP contribution in [0, 0.1) is 0 Å². The van der Waals surface area contributed by atoms with Crippen molar-refractivity contribution in [3.63, 3.8) is 0 Å². The van der Waals surface area contributed by atoms with Crippen LogP contribution in [0.25, 0.3) is 0 Å². The van der Waals surface area contributed by atoms with Gasteiger partial charge in [-0.25, -0.2) is 4.98 Å². The molecule has 0 radical (unpaired) electrons. The predicted molar refractivity (Wildman–Crippen MR) is 86.1 cm³/mol. The molecule has 2 atom stereocenters. The summed E-state index contributed by atoms with van der Waals surface area (Å²) in [6, 6.07) is 0.412. The van der Waals surface area contributed by atoms with Crippen LogP contribution in [0.15, 0.2) is 12.4 Å². The van der Waals surface area contributed by atoms with E-state index in [2.05, 4.69) is 67.8 Å². The molecule has 0 aliphatic rings. The van der Waals surface area contributed by atoms with Crippen LogP contribution in [0.3, 0.4) is 0 Å². The summed E-state index contributed by atoms with van der Waals surface area (Å²) in [5.41, 5.74) is 0.139. The SMILES string of the molecule is CCCNC(Cc1nccn1CC)C(C)(CC)N(C)C. The van der Waals surface area contributed by atoms with Crippen molar-refractivity contribution in [2.45, 2.75) is 65.1 Å². The number of aryl methyl sites for hydroxylation is 1. The van der Waals surface area contributed by atoms with Crippen molar-refractivity contribution in [1.82, 2.24) is 19.8 Å². The predicted octanol–water partition coefficient (Wildman–Crippen LogP) is 2.54. The summed E-state index contributed by atoms with van der Waals surface area (Å²) in [5.74, 6) is 1.18. The minimum Gasteiger partial charge on any atom is -0.335 e. The summed E-state index contributed by atoms with van der Waals surface area (Å²) in [6.07, 6.45) is 7.24. The Hall–Kier alpha value is -0.870. The number of hydrogen-bond acceptors (Lipinski definition) is 3. The van der Waals surface area contributed by atoms with E-state index in [4.69, 9.17) is 0 Å². The molecule has 1 heterocycles. The fourth-order valence-electron chi connectivity index (χ4n) is 2.71. The molecule has 20 heavy (non-hydrogen) atoms. The second-order valence-electron chi connectivity index (χ2n) is 5.95. The quantitative estimate of drug-likeness (QED) is 0.754. The number of rotatable bonds is 9. The Bertz CT molecular complexity index is 386. The summed E-state index contributed by atoms with van der Waals surface area (Å²) in [4.78, 5) is 6.89. The van der Waals surface area contributed by atoms with Crippen LogP contribution in [0.1, 0.15) is 46.4 Å². The Balaban J connectivity index is 2.94. The standard InChI is InChI=1S/C16H32N4/c1-7-10-17-14(16(4,8-2)19(5)6)13-15-18-11-12-20(15)9-3/h11-12,14,17H,7-10,13H2,1-6H3. The minimum absolute atomic E-state index is 0.139. The van der Waals surface area contributed by atoms with Crippen LogP contribution in [0.4, 0.5) is 0 Å². The van der Waals surface area contributed by atoms with Gasteiger partial charge in [-0.2, -0.15) is 0 Å². The van der Waals surface area contributed by atoms with Crippen molar-refractivity contribution in [2.24, 2.45) is 0 Å². The fraction of sp³-hybridized carbons (Fsp3) is 0.812. The first kappa shape index (κ1) is 17.2. The Morgan fingerprint density at radius 3 is 2.55 bits per heavy atom. The van der Waals surface area contributed by atoms with Gasteiger partial charge in [0.25, 0.3) is 0 Å². The largest absolute Gasteiger partial charge is 0.335 e. The van der Waals surface area contributed by atoms with Gasteiger partial charge in [-0.05, 0) is 47.3 Å². The molecule has 4 heteroatoms. The lowest BCUT2D eigenvalue weighted by Crippen LogP contribution is -2.58. The maximum atomic E-state index is 4.55. The molecule has 1 aromatic rings. The van der Waals surface area contributed by atoms with Gasteiger partial charge in [0, 0.05) is 36.9 Å². The number of hydrogen-bond donors (Lipinski definition) is 1. The molecule has 0 amide bonds. The lowest BCUT2D eigenvalue weighted by Gasteiger charge is -2.43. The molecule has 0 fully saturated rings. The van der Waals surface area contributed by atoms with Gasteiger partial charge in [-0.15, -0.1) is 0 Å². The highest BCUT2D eigenvalue weighted by Crippen LogP contribution is 2.23. The number of nitrogens with zero attached hydrogens (tertiary/aromatic N) is 3. The molecular formula is C16H32N4. The van der Waals surface area contributed by atoms with Crippen molar-refractivity contribution in [2.75, 3.05) is 20.6 Å². The minimum atomic E-state index is 0.139. The van der Waals surface area contributed by atoms with E-state index < -0.39 is 0 Å². The van der Waals surface area contributed by atoms with Gasteiger partial charge < -0.3 is 14.8 Å². The molecule has 0 aromatic carbocycles. The third-order valence-corrected chi connectivity index (χ3v) is 4.66. The van der Waals surface area contributed by atoms with E-state index in [1.807, 2.05) is 6.20 Å². The van der Waals surface area contributed by atoms with Crippen LogP contribution in [0.5, 0.6) is 0 Å². The summed E-state index contributed by atoms with van der Waals surface area (Å²) >= 11 is 0. The first-order valence-electron chi connectivity index (χ1n) is 7.90. The first-order valence-corrected chi connectivity index (χ1v) is 7.90. The smallest absolute Gasteiger partial charge is 0.110 e. The van der Waals surface area contributed by atoms with E-state index in [-0.39, 0.29) is 5.54 Å². The Labute approximate surface area is 124 Å². The van der Waals surface area contributed by atoms with Gasteiger partial charge in [0.15, 0.2) is 0 Å². The second-order valence-corrected chi connectivity index (χ2v) is 5.95. The molecule has 0 bridgehead atoms. The fourth-order valence-corrected chi connectivity index (χ4v) is 2.71. The zero-order valence-corrected chi connectivity index (χ0v) is 14.1. The molecular weight excluding hydrogens is 248 g/mol.